The van der Waals surface area contributed by atoms with Crippen molar-refractivity contribution in [2.24, 2.45) is 0 Å². The third kappa shape index (κ3) is 2.64. The van der Waals surface area contributed by atoms with E-state index in [-0.39, 0.29) is 0 Å². The molecule has 0 aliphatic heterocycles. The standard InChI is InChI=1S/C21H17N/c1-4-17-10-11-19(18-8-6-5-7-9-18)13-20(17)21-12-15(2)16(3)14-22-21/h1,5-14H,2-3H3. The molecule has 0 amide bonds. The molecule has 1 heterocycles. The third-order valence-electron chi connectivity index (χ3n) is 3.93. The number of terminal acetylenes is 1. The van der Waals surface area contributed by atoms with Gasteiger partial charge in [-0.05, 0) is 54.3 Å². The number of nitrogens with zero attached hydrogens (tertiary/aromatic N) is 1. The summed E-state index contributed by atoms with van der Waals surface area (Å²) in [5.41, 5.74) is 7.53. The minimum Gasteiger partial charge on any atom is -0.256 e. The van der Waals surface area contributed by atoms with Crippen molar-refractivity contribution in [1.29, 1.82) is 0 Å². The first-order chi connectivity index (χ1) is 10.7. The molecule has 3 rings (SSSR count). The van der Waals surface area contributed by atoms with E-state index in [1.54, 1.807) is 0 Å². The molecule has 1 aromatic heterocycles. The Morgan fingerprint density at radius 3 is 2.32 bits per heavy atom. The fraction of sp³-hybridized carbons (Fsp3) is 0.0952. The zero-order valence-corrected chi connectivity index (χ0v) is 12.8. The Morgan fingerprint density at radius 1 is 0.864 bits per heavy atom. The van der Waals surface area contributed by atoms with Gasteiger partial charge < -0.3 is 0 Å². The maximum Gasteiger partial charge on any atom is 0.0717 e. The van der Waals surface area contributed by atoms with Crippen LogP contribution in [0.5, 0.6) is 0 Å². The predicted octanol–water partition coefficient (Wildman–Crippen LogP) is 5.01. The smallest absolute Gasteiger partial charge is 0.0717 e. The van der Waals surface area contributed by atoms with E-state index >= 15 is 0 Å². The fourth-order valence-electron chi connectivity index (χ4n) is 2.46. The molecule has 0 atom stereocenters. The van der Waals surface area contributed by atoms with Crippen LogP contribution in [0.15, 0.2) is 60.8 Å². The molecule has 0 saturated carbocycles. The van der Waals surface area contributed by atoms with E-state index in [9.17, 15) is 0 Å². The van der Waals surface area contributed by atoms with E-state index in [2.05, 4.69) is 55.1 Å². The lowest BCUT2D eigenvalue weighted by Crippen LogP contribution is -1.92. The molecular formula is C21H17N. The van der Waals surface area contributed by atoms with Crippen molar-refractivity contribution in [1.82, 2.24) is 4.98 Å². The summed E-state index contributed by atoms with van der Waals surface area (Å²) in [6, 6.07) is 18.6. The van der Waals surface area contributed by atoms with Crippen LogP contribution in [-0.4, -0.2) is 4.98 Å². The number of benzene rings is 2. The van der Waals surface area contributed by atoms with Gasteiger partial charge in [0.15, 0.2) is 0 Å². The molecule has 0 N–H and O–H groups in total. The van der Waals surface area contributed by atoms with Gasteiger partial charge in [-0.2, -0.15) is 0 Å². The van der Waals surface area contributed by atoms with Crippen LogP contribution in [0.3, 0.4) is 0 Å². The van der Waals surface area contributed by atoms with E-state index in [1.165, 1.54) is 16.7 Å². The molecule has 3 aromatic rings. The summed E-state index contributed by atoms with van der Waals surface area (Å²) >= 11 is 0. The first-order valence-corrected chi connectivity index (χ1v) is 7.29. The number of hydrogen-bond acceptors (Lipinski definition) is 1. The Morgan fingerprint density at radius 2 is 1.64 bits per heavy atom. The van der Waals surface area contributed by atoms with E-state index in [1.807, 2.05) is 30.5 Å². The largest absolute Gasteiger partial charge is 0.256 e. The van der Waals surface area contributed by atoms with Crippen molar-refractivity contribution in [2.75, 3.05) is 0 Å². The van der Waals surface area contributed by atoms with Gasteiger partial charge in [0.25, 0.3) is 0 Å². The molecule has 0 saturated heterocycles. The molecule has 0 fully saturated rings. The van der Waals surface area contributed by atoms with Crippen molar-refractivity contribution in [3.8, 4) is 34.7 Å². The van der Waals surface area contributed by atoms with Crippen LogP contribution >= 0.6 is 0 Å². The summed E-state index contributed by atoms with van der Waals surface area (Å²) in [7, 11) is 0. The van der Waals surface area contributed by atoms with Gasteiger partial charge in [-0.1, -0.05) is 42.3 Å². The summed E-state index contributed by atoms with van der Waals surface area (Å²) in [6.45, 7) is 4.16. The lowest BCUT2D eigenvalue weighted by atomic mass is 9.96. The highest BCUT2D eigenvalue weighted by molar-refractivity contribution is 5.76. The third-order valence-corrected chi connectivity index (χ3v) is 3.93. The van der Waals surface area contributed by atoms with Crippen LogP contribution in [0.25, 0.3) is 22.4 Å². The van der Waals surface area contributed by atoms with Crippen molar-refractivity contribution in [3.05, 3.63) is 77.5 Å². The molecule has 0 bridgehead atoms. The van der Waals surface area contributed by atoms with E-state index < -0.39 is 0 Å². The normalized spacial score (nSPS) is 10.2. The van der Waals surface area contributed by atoms with Crippen LogP contribution in [-0.2, 0) is 0 Å². The number of aromatic nitrogens is 1. The molecular weight excluding hydrogens is 266 g/mol. The van der Waals surface area contributed by atoms with Gasteiger partial charge in [0.2, 0.25) is 0 Å². The van der Waals surface area contributed by atoms with Gasteiger partial charge in [0.05, 0.1) is 5.69 Å². The first kappa shape index (κ1) is 14.1. The quantitative estimate of drug-likeness (QED) is 0.602. The van der Waals surface area contributed by atoms with Crippen molar-refractivity contribution >= 4 is 0 Å². The number of hydrogen-bond donors (Lipinski definition) is 0. The van der Waals surface area contributed by atoms with Crippen molar-refractivity contribution in [3.63, 3.8) is 0 Å². The maximum atomic E-state index is 5.67. The van der Waals surface area contributed by atoms with Crippen molar-refractivity contribution in [2.45, 2.75) is 13.8 Å². The Hall–Kier alpha value is -2.85. The predicted molar refractivity (Wildman–Crippen MR) is 92.5 cm³/mol. The highest BCUT2D eigenvalue weighted by atomic mass is 14.7. The van der Waals surface area contributed by atoms with Gasteiger partial charge in [0.1, 0.15) is 0 Å². The minimum atomic E-state index is 0.871. The first-order valence-electron chi connectivity index (χ1n) is 7.29. The molecule has 2 aromatic carbocycles. The molecule has 0 unspecified atom stereocenters. The SMILES string of the molecule is C#Cc1ccc(-c2ccccc2)cc1-c1cc(C)c(C)cn1. The zero-order chi connectivity index (χ0) is 15.5. The van der Waals surface area contributed by atoms with E-state index in [4.69, 9.17) is 6.42 Å². The van der Waals surface area contributed by atoms with Crippen LogP contribution in [0.1, 0.15) is 16.7 Å². The average Bonchev–Trinajstić information content (AvgIpc) is 2.57. The minimum absolute atomic E-state index is 0.871. The van der Waals surface area contributed by atoms with Crippen molar-refractivity contribution < 1.29 is 0 Å². The Bertz CT molecular complexity index is 855. The Labute approximate surface area is 131 Å². The second-order valence-electron chi connectivity index (χ2n) is 5.42. The summed E-state index contributed by atoms with van der Waals surface area (Å²) in [6.07, 6.45) is 7.57. The van der Waals surface area contributed by atoms with E-state index in [0.29, 0.717) is 0 Å². The lowest BCUT2D eigenvalue weighted by molar-refractivity contribution is 1.22. The van der Waals surface area contributed by atoms with Gasteiger partial charge in [-0.25, -0.2) is 0 Å². The molecule has 1 heteroatoms. The number of aryl methyl sites for hydroxylation is 2. The summed E-state index contributed by atoms with van der Waals surface area (Å²) in [5.74, 6) is 2.77. The molecule has 0 aliphatic rings. The summed E-state index contributed by atoms with van der Waals surface area (Å²) < 4.78 is 0. The molecule has 0 spiro atoms. The summed E-state index contributed by atoms with van der Waals surface area (Å²) in [5, 5.41) is 0. The van der Waals surface area contributed by atoms with Gasteiger partial charge >= 0.3 is 0 Å². The average molecular weight is 283 g/mol. The van der Waals surface area contributed by atoms with Gasteiger partial charge in [-0.15, -0.1) is 6.42 Å². The van der Waals surface area contributed by atoms with Crippen LogP contribution in [0, 0.1) is 26.2 Å². The molecule has 106 valence electrons. The van der Waals surface area contributed by atoms with E-state index in [0.717, 1.165) is 22.4 Å². The van der Waals surface area contributed by atoms with Crippen LogP contribution in [0.2, 0.25) is 0 Å². The van der Waals surface area contributed by atoms with Crippen LogP contribution in [0.4, 0.5) is 0 Å². The lowest BCUT2D eigenvalue weighted by Gasteiger charge is -2.10. The fourth-order valence-corrected chi connectivity index (χ4v) is 2.46. The number of rotatable bonds is 2. The van der Waals surface area contributed by atoms with Crippen LogP contribution < -0.4 is 0 Å². The highest BCUT2D eigenvalue weighted by Crippen LogP contribution is 2.29. The number of pyridine rings is 1. The van der Waals surface area contributed by atoms with Gasteiger partial charge in [-0.3, -0.25) is 4.98 Å². The monoisotopic (exact) mass is 283 g/mol. The Kier molecular flexibility index (Phi) is 3.76. The van der Waals surface area contributed by atoms with Gasteiger partial charge in [0, 0.05) is 17.3 Å². The highest BCUT2D eigenvalue weighted by Gasteiger charge is 2.08. The molecule has 0 aliphatic carbocycles. The topological polar surface area (TPSA) is 12.9 Å². The summed E-state index contributed by atoms with van der Waals surface area (Å²) in [4.78, 5) is 4.56. The molecule has 22 heavy (non-hydrogen) atoms. The zero-order valence-electron chi connectivity index (χ0n) is 12.8. The Balaban J connectivity index is 2.17. The molecule has 1 nitrogen and oxygen atoms in total. The maximum absolute atomic E-state index is 5.67. The molecule has 0 radical (unpaired) electrons. The second-order valence-corrected chi connectivity index (χ2v) is 5.42. The second kappa shape index (κ2) is 5.87.